The van der Waals surface area contributed by atoms with Gasteiger partial charge in [0.25, 0.3) is 0 Å². The molecule has 0 amide bonds. The highest BCUT2D eigenvalue weighted by Gasteiger charge is 2.38. The normalized spacial score (nSPS) is 38.5. The summed E-state index contributed by atoms with van der Waals surface area (Å²) < 4.78 is 11.6. The number of rotatable bonds is 6. The van der Waals surface area contributed by atoms with Gasteiger partial charge in [0.15, 0.2) is 0 Å². The second kappa shape index (κ2) is 6.30. The van der Waals surface area contributed by atoms with E-state index in [1.807, 2.05) is 0 Å². The zero-order valence-electron chi connectivity index (χ0n) is 13.1. The van der Waals surface area contributed by atoms with Crippen LogP contribution in [0.4, 0.5) is 0 Å². The molecule has 3 atom stereocenters. The Kier molecular flexibility index (Phi) is 4.65. The maximum atomic E-state index is 5.83. The van der Waals surface area contributed by atoms with Crippen LogP contribution in [0.2, 0.25) is 0 Å². The van der Waals surface area contributed by atoms with Crippen LogP contribution < -0.4 is 5.32 Å². The van der Waals surface area contributed by atoms with E-state index in [9.17, 15) is 0 Å². The number of ether oxygens (including phenoxy) is 2. The van der Waals surface area contributed by atoms with Crippen LogP contribution in [0.25, 0.3) is 0 Å². The van der Waals surface area contributed by atoms with Crippen molar-refractivity contribution in [3.05, 3.63) is 0 Å². The van der Waals surface area contributed by atoms with Gasteiger partial charge in [-0.15, -0.1) is 0 Å². The molecule has 2 heterocycles. The van der Waals surface area contributed by atoms with Crippen molar-refractivity contribution in [2.45, 2.75) is 57.2 Å². The summed E-state index contributed by atoms with van der Waals surface area (Å²) in [6, 6.07) is 1.36. The largest absolute Gasteiger partial charge is 0.381 e. The van der Waals surface area contributed by atoms with Gasteiger partial charge in [0.1, 0.15) is 0 Å². The van der Waals surface area contributed by atoms with Crippen LogP contribution >= 0.6 is 0 Å². The lowest BCUT2D eigenvalue weighted by molar-refractivity contribution is -0.0330. The van der Waals surface area contributed by atoms with Gasteiger partial charge in [-0.2, -0.15) is 0 Å². The van der Waals surface area contributed by atoms with Gasteiger partial charge in [0, 0.05) is 43.8 Å². The van der Waals surface area contributed by atoms with Crippen LogP contribution in [0.5, 0.6) is 0 Å². The topological polar surface area (TPSA) is 33.7 Å². The van der Waals surface area contributed by atoms with Crippen molar-refractivity contribution in [3.8, 4) is 0 Å². The summed E-state index contributed by atoms with van der Waals surface area (Å²) >= 11 is 0. The third-order valence-corrected chi connectivity index (χ3v) is 5.23. The lowest BCUT2D eigenvalue weighted by Crippen LogP contribution is -2.51. The molecule has 3 unspecified atom stereocenters. The first-order valence-electron chi connectivity index (χ1n) is 8.32. The molecule has 0 spiro atoms. The molecule has 4 nitrogen and oxygen atoms in total. The maximum Gasteiger partial charge on any atom is 0.0702 e. The van der Waals surface area contributed by atoms with E-state index in [4.69, 9.17) is 9.47 Å². The first kappa shape index (κ1) is 14.8. The highest BCUT2D eigenvalue weighted by Crippen LogP contribution is 2.32. The van der Waals surface area contributed by atoms with Gasteiger partial charge in [-0.25, -0.2) is 0 Å². The summed E-state index contributed by atoms with van der Waals surface area (Å²) in [4.78, 5) is 2.53. The van der Waals surface area contributed by atoms with Crippen molar-refractivity contribution >= 4 is 0 Å². The highest BCUT2D eigenvalue weighted by molar-refractivity contribution is 4.93. The van der Waals surface area contributed by atoms with Gasteiger partial charge in [-0.05, 0) is 46.1 Å². The Hall–Kier alpha value is -0.160. The van der Waals surface area contributed by atoms with Crippen LogP contribution in [-0.4, -0.2) is 63.0 Å². The summed E-state index contributed by atoms with van der Waals surface area (Å²) in [5.74, 6) is 0. The van der Waals surface area contributed by atoms with Gasteiger partial charge in [-0.3, -0.25) is 0 Å². The molecule has 0 radical (unpaired) electrons. The average molecular weight is 282 g/mol. The van der Waals surface area contributed by atoms with Crippen molar-refractivity contribution in [2.75, 3.05) is 40.0 Å². The molecule has 3 fully saturated rings. The molecule has 116 valence electrons. The van der Waals surface area contributed by atoms with E-state index in [1.165, 1.54) is 32.1 Å². The standard InChI is InChI=1S/C16H30N2O2/c1-13-15(6-9-20-13)18(2)11-16(7-3-8-19-12-16)10-17-14-4-5-14/h13-15,17H,3-12H2,1-2H3. The molecular weight excluding hydrogens is 252 g/mol. The first-order chi connectivity index (χ1) is 9.69. The molecule has 1 N–H and O–H groups in total. The Morgan fingerprint density at radius 2 is 2.10 bits per heavy atom. The second-order valence-electron chi connectivity index (χ2n) is 7.16. The van der Waals surface area contributed by atoms with Gasteiger partial charge in [0.2, 0.25) is 0 Å². The van der Waals surface area contributed by atoms with E-state index in [2.05, 4.69) is 24.2 Å². The smallest absolute Gasteiger partial charge is 0.0702 e. The molecule has 0 aromatic rings. The third-order valence-electron chi connectivity index (χ3n) is 5.23. The molecule has 0 aromatic carbocycles. The Balaban J connectivity index is 1.58. The van der Waals surface area contributed by atoms with E-state index in [0.717, 1.165) is 39.0 Å². The number of likely N-dealkylation sites (N-methyl/N-ethyl adjacent to an activating group) is 1. The minimum absolute atomic E-state index is 0.303. The molecule has 0 aromatic heterocycles. The molecule has 20 heavy (non-hydrogen) atoms. The predicted molar refractivity (Wildman–Crippen MR) is 80.0 cm³/mol. The van der Waals surface area contributed by atoms with E-state index in [0.29, 0.717) is 17.6 Å². The Labute approximate surface area is 123 Å². The van der Waals surface area contributed by atoms with E-state index < -0.39 is 0 Å². The molecule has 3 rings (SSSR count). The quantitative estimate of drug-likeness (QED) is 0.803. The van der Waals surface area contributed by atoms with E-state index in [1.54, 1.807) is 0 Å². The van der Waals surface area contributed by atoms with Crippen LogP contribution in [0.15, 0.2) is 0 Å². The van der Waals surface area contributed by atoms with E-state index in [-0.39, 0.29) is 0 Å². The molecular formula is C16H30N2O2. The lowest BCUT2D eigenvalue weighted by Gasteiger charge is -2.42. The predicted octanol–water partition coefficient (Wildman–Crippen LogP) is 1.64. The molecule has 2 saturated heterocycles. The number of nitrogens with zero attached hydrogens (tertiary/aromatic N) is 1. The lowest BCUT2D eigenvalue weighted by atomic mass is 9.81. The van der Waals surface area contributed by atoms with Crippen molar-refractivity contribution < 1.29 is 9.47 Å². The Morgan fingerprint density at radius 1 is 1.25 bits per heavy atom. The highest BCUT2D eigenvalue weighted by atomic mass is 16.5. The summed E-state index contributed by atoms with van der Waals surface area (Å²) in [5.41, 5.74) is 0.303. The van der Waals surface area contributed by atoms with Gasteiger partial charge in [0.05, 0.1) is 12.7 Å². The van der Waals surface area contributed by atoms with Crippen molar-refractivity contribution in [2.24, 2.45) is 5.41 Å². The summed E-state index contributed by atoms with van der Waals surface area (Å²) in [7, 11) is 2.27. The number of hydrogen-bond acceptors (Lipinski definition) is 4. The zero-order chi connectivity index (χ0) is 14.0. The molecule has 0 bridgehead atoms. The minimum Gasteiger partial charge on any atom is -0.381 e. The fourth-order valence-electron chi connectivity index (χ4n) is 3.82. The van der Waals surface area contributed by atoms with Gasteiger partial charge >= 0.3 is 0 Å². The minimum atomic E-state index is 0.303. The van der Waals surface area contributed by atoms with E-state index >= 15 is 0 Å². The average Bonchev–Trinajstić information content (AvgIpc) is 3.18. The summed E-state index contributed by atoms with van der Waals surface area (Å²) in [5, 5.41) is 3.74. The van der Waals surface area contributed by atoms with Crippen LogP contribution in [0.1, 0.15) is 39.0 Å². The Bertz CT molecular complexity index is 314. The first-order valence-corrected chi connectivity index (χ1v) is 8.32. The molecule has 1 aliphatic carbocycles. The van der Waals surface area contributed by atoms with Crippen molar-refractivity contribution in [1.82, 2.24) is 10.2 Å². The van der Waals surface area contributed by atoms with Crippen molar-refractivity contribution in [3.63, 3.8) is 0 Å². The molecule has 1 saturated carbocycles. The molecule has 3 aliphatic rings. The maximum absolute atomic E-state index is 5.83. The van der Waals surface area contributed by atoms with Crippen molar-refractivity contribution in [1.29, 1.82) is 0 Å². The zero-order valence-corrected chi connectivity index (χ0v) is 13.1. The van der Waals surface area contributed by atoms with Crippen LogP contribution in [-0.2, 0) is 9.47 Å². The Morgan fingerprint density at radius 3 is 2.70 bits per heavy atom. The fraction of sp³-hybridized carbons (Fsp3) is 1.00. The third kappa shape index (κ3) is 3.53. The van der Waals surface area contributed by atoms with Gasteiger partial charge in [-0.1, -0.05) is 0 Å². The van der Waals surface area contributed by atoms with Crippen LogP contribution in [0.3, 0.4) is 0 Å². The SMILES string of the molecule is CC1OCCC1N(C)CC1(CNC2CC2)CCCOC1. The van der Waals surface area contributed by atoms with Crippen LogP contribution in [0, 0.1) is 5.41 Å². The summed E-state index contributed by atoms with van der Waals surface area (Å²) in [6.07, 6.45) is 6.76. The van der Waals surface area contributed by atoms with Gasteiger partial charge < -0.3 is 19.7 Å². The number of nitrogens with one attached hydrogen (secondary N) is 1. The molecule has 2 aliphatic heterocycles. The fourth-order valence-corrected chi connectivity index (χ4v) is 3.82. The molecule has 4 heteroatoms. The summed E-state index contributed by atoms with van der Waals surface area (Å²) in [6.45, 7) is 7.23. The monoisotopic (exact) mass is 282 g/mol. The number of hydrogen-bond donors (Lipinski definition) is 1. The second-order valence-corrected chi connectivity index (χ2v) is 7.16.